The number of imide groups is 1. The van der Waals surface area contributed by atoms with E-state index in [2.05, 4.69) is 12.2 Å². The molecule has 0 aromatic carbocycles. The summed E-state index contributed by atoms with van der Waals surface area (Å²) in [5.74, 6) is -0.870. The molecule has 17 heavy (non-hydrogen) atoms. The molecule has 96 valence electrons. The molecule has 5 nitrogen and oxygen atoms in total. The van der Waals surface area contributed by atoms with Gasteiger partial charge < -0.3 is 4.90 Å². The van der Waals surface area contributed by atoms with Crippen LogP contribution in [-0.4, -0.2) is 35.7 Å². The Morgan fingerprint density at radius 1 is 1.12 bits per heavy atom. The number of hydrogen-bond acceptors (Lipinski definition) is 3. The van der Waals surface area contributed by atoms with E-state index in [0.29, 0.717) is 6.42 Å². The molecule has 0 radical (unpaired) electrons. The van der Waals surface area contributed by atoms with Gasteiger partial charge in [0.25, 0.3) is 0 Å². The number of carbonyl (C=O) groups is 3. The van der Waals surface area contributed by atoms with E-state index < -0.39 is 0 Å². The average molecular weight is 240 g/mol. The first kappa shape index (κ1) is 13.7. The standard InChI is InChI=1S/C12H20N2O3/c1-2-3-4-5-6-7-12(17)14-8-10(15)13-11(16)9-14/h2-9H2,1H3,(H,13,15,16). The third kappa shape index (κ3) is 4.97. The zero-order valence-corrected chi connectivity index (χ0v) is 10.3. The third-order valence-corrected chi connectivity index (χ3v) is 2.79. The molecule has 1 saturated heterocycles. The molecule has 0 unspecified atom stereocenters. The van der Waals surface area contributed by atoms with Gasteiger partial charge in [-0.25, -0.2) is 0 Å². The Balaban J connectivity index is 2.22. The highest BCUT2D eigenvalue weighted by atomic mass is 16.2. The number of rotatable bonds is 6. The van der Waals surface area contributed by atoms with Crippen molar-refractivity contribution >= 4 is 17.7 Å². The van der Waals surface area contributed by atoms with Gasteiger partial charge in [-0.2, -0.15) is 0 Å². The van der Waals surface area contributed by atoms with Gasteiger partial charge in [0.15, 0.2) is 0 Å². The van der Waals surface area contributed by atoms with E-state index in [4.69, 9.17) is 0 Å². The predicted octanol–water partition coefficient (Wildman–Crippen LogP) is 0.832. The van der Waals surface area contributed by atoms with Gasteiger partial charge in [0, 0.05) is 6.42 Å². The molecule has 0 aromatic heterocycles. The smallest absolute Gasteiger partial charge is 0.246 e. The van der Waals surface area contributed by atoms with E-state index in [-0.39, 0.29) is 30.8 Å². The van der Waals surface area contributed by atoms with E-state index in [1.165, 1.54) is 17.7 Å². The molecule has 1 fully saturated rings. The Labute approximate surface area is 102 Å². The first-order valence-electron chi connectivity index (χ1n) is 6.24. The number of amides is 3. The Morgan fingerprint density at radius 2 is 1.71 bits per heavy atom. The highest BCUT2D eigenvalue weighted by molar-refractivity contribution is 6.02. The highest BCUT2D eigenvalue weighted by Gasteiger charge is 2.25. The lowest BCUT2D eigenvalue weighted by molar-refractivity contribution is -0.145. The maximum atomic E-state index is 11.7. The van der Waals surface area contributed by atoms with Crippen LogP contribution in [0.15, 0.2) is 0 Å². The van der Waals surface area contributed by atoms with Crippen LogP contribution in [0, 0.1) is 0 Å². The van der Waals surface area contributed by atoms with Gasteiger partial charge in [0.2, 0.25) is 17.7 Å². The van der Waals surface area contributed by atoms with Crippen LogP contribution in [-0.2, 0) is 14.4 Å². The van der Waals surface area contributed by atoms with Crippen molar-refractivity contribution in [3.63, 3.8) is 0 Å². The Hall–Kier alpha value is -1.39. The van der Waals surface area contributed by atoms with Gasteiger partial charge in [-0.15, -0.1) is 0 Å². The molecule has 0 spiro atoms. The van der Waals surface area contributed by atoms with Gasteiger partial charge in [0.1, 0.15) is 13.1 Å². The van der Waals surface area contributed by atoms with Crippen LogP contribution in [0.3, 0.4) is 0 Å². The molecule has 3 amide bonds. The average Bonchev–Trinajstić information content (AvgIpc) is 2.27. The normalized spacial score (nSPS) is 15.9. The lowest BCUT2D eigenvalue weighted by atomic mass is 10.1. The van der Waals surface area contributed by atoms with E-state index in [9.17, 15) is 14.4 Å². The predicted molar refractivity (Wildman–Crippen MR) is 63.1 cm³/mol. The quantitative estimate of drug-likeness (QED) is 0.552. The lowest BCUT2D eigenvalue weighted by Crippen LogP contribution is -2.53. The van der Waals surface area contributed by atoms with Crippen LogP contribution >= 0.6 is 0 Å². The summed E-state index contributed by atoms with van der Waals surface area (Å²) in [5, 5.41) is 2.18. The molecule has 5 heteroatoms. The minimum Gasteiger partial charge on any atom is -0.324 e. The molecule has 0 atom stereocenters. The second kappa shape index (κ2) is 7.04. The van der Waals surface area contributed by atoms with Crippen molar-refractivity contribution in [2.24, 2.45) is 0 Å². The number of piperazine rings is 1. The molecular formula is C12H20N2O3. The van der Waals surface area contributed by atoms with E-state index in [1.54, 1.807) is 0 Å². The highest BCUT2D eigenvalue weighted by Crippen LogP contribution is 2.07. The van der Waals surface area contributed by atoms with Crippen molar-refractivity contribution in [1.82, 2.24) is 10.2 Å². The minimum atomic E-state index is -0.388. The zero-order chi connectivity index (χ0) is 12.7. The van der Waals surface area contributed by atoms with Crippen LogP contribution in [0.4, 0.5) is 0 Å². The van der Waals surface area contributed by atoms with E-state index in [1.807, 2.05) is 0 Å². The largest absolute Gasteiger partial charge is 0.324 e. The summed E-state index contributed by atoms with van der Waals surface area (Å²) < 4.78 is 0. The molecule has 1 rings (SSSR count). The first-order chi connectivity index (χ1) is 8.13. The number of nitrogens with one attached hydrogen (secondary N) is 1. The first-order valence-corrected chi connectivity index (χ1v) is 6.24. The van der Waals surface area contributed by atoms with Gasteiger partial charge in [-0.1, -0.05) is 32.6 Å². The van der Waals surface area contributed by atoms with Crippen molar-refractivity contribution in [1.29, 1.82) is 0 Å². The van der Waals surface area contributed by atoms with Gasteiger partial charge in [0.05, 0.1) is 0 Å². The molecule has 1 aliphatic heterocycles. The van der Waals surface area contributed by atoms with Gasteiger partial charge >= 0.3 is 0 Å². The Bertz CT molecular complexity index is 286. The second-order valence-electron chi connectivity index (χ2n) is 4.39. The molecule has 1 heterocycles. The van der Waals surface area contributed by atoms with Crippen molar-refractivity contribution < 1.29 is 14.4 Å². The monoisotopic (exact) mass is 240 g/mol. The summed E-state index contributed by atoms with van der Waals surface area (Å²) in [5.41, 5.74) is 0. The SMILES string of the molecule is CCCCCCCC(=O)N1CC(=O)NC(=O)C1. The number of hydrogen-bond donors (Lipinski definition) is 1. The molecule has 0 saturated carbocycles. The van der Waals surface area contributed by atoms with E-state index in [0.717, 1.165) is 19.3 Å². The topological polar surface area (TPSA) is 66.5 Å². The summed E-state index contributed by atoms with van der Waals surface area (Å²) in [7, 11) is 0. The van der Waals surface area contributed by atoms with Crippen LogP contribution in [0.25, 0.3) is 0 Å². The van der Waals surface area contributed by atoms with E-state index >= 15 is 0 Å². The molecular weight excluding hydrogens is 220 g/mol. The molecule has 1 aliphatic rings. The fourth-order valence-electron chi connectivity index (χ4n) is 1.85. The zero-order valence-electron chi connectivity index (χ0n) is 10.3. The maximum Gasteiger partial charge on any atom is 0.246 e. The summed E-state index contributed by atoms with van der Waals surface area (Å²) in [6.45, 7) is 2.17. The molecule has 0 bridgehead atoms. The van der Waals surface area contributed by atoms with Crippen LogP contribution in [0.5, 0.6) is 0 Å². The number of carbonyl (C=O) groups excluding carboxylic acids is 3. The van der Waals surface area contributed by atoms with Gasteiger partial charge in [-0.05, 0) is 6.42 Å². The second-order valence-corrected chi connectivity index (χ2v) is 4.39. The molecule has 0 aromatic rings. The third-order valence-electron chi connectivity index (χ3n) is 2.79. The maximum absolute atomic E-state index is 11.7. The fraction of sp³-hybridized carbons (Fsp3) is 0.750. The van der Waals surface area contributed by atoms with Crippen LogP contribution in [0.1, 0.15) is 45.4 Å². The van der Waals surface area contributed by atoms with Gasteiger partial charge in [-0.3, -0.25) is 19.7 Å². The summed E-state index contributed by atoms with van der Waals surface area (Å²) in [4.78, 5) is 35.2. The van der Waals surface area contributed by atoms with Crippen molar-refractivity contribution in [3.05, 3.63) is 0 Å². The Kier molecular flexibility index (Phi) is 5.66. The summed E-state index contributed by atoms with van der Waals surface area (Å²) >= 11 is 0. The van der Waals surface area contributed by atoms with Crippen molar-refractivity contribution in [2.45, 2.75) is 45.4 Å². The van der Waals surface area contributed by atoms with Crippen molar-refractivity contribution in [3.8, 4) is 0 Å². The van der Waals surface area contributed by atoms with Crippen LogP contribution < -0.4 is 5.32 Å². The number of nitrogens with zero attached hydrogens (tertiary/aromatic N) is 1. The lowest BCUT2D eigenvalue weighted by Gasteiger charge is -2.25. The minimum absolute atomic E-state index is 0.0134. The molecule has 0 aliphatic carbocycles. The summed E-state index contributed by atoms with van der Waals surface area (Å²) in [6, 6.07) is 0. The van der Waals surface area contributed by atoms with Crippen LogP contribution in [0.2, 0.25) is 0 Å². The fourth-order valence-corrected chi connectivity index (χ4v) is 1.85. The summed E-state index contributed by atoms with van der Waals surface area (Å²) in [6.07, 6.45) is 5.82. The Morgan fingerprint density at radius 3 is 2.29 bits per heavy atom. The van der Waals surface area contributed by atoms with Crippen molar-refractivity contribution in [2.75, 3.05) is 13.1 Å². The number of unbranched alkanes of at least 4 members (excludes halogenated alkanes) is 4. The molecule has 1 N–H and O–H groups in total.